The fourth-order valence-corrected chi connectivity index (χ4v) is 2.80. The summed E-state index contributed by atoms with van der Waals surface area (Å²) < 4.78 is 30.0. The van der Waals surface area contributed by atoms with Crippen LogP contribution in [0.1, 0.15) is 24.2 Å². The molecule has 0 aliphatic carbocycles. The molecule has 1 aromatic carbocycles. The molecule has 1 aliphatic rings. The number of carbonyl (C=O) groups is 1. The highest BCUT2D eigenvalue weighted by atomic mass is 32.2. The molecule has 110 valence electrons. The predicted molar refractivity (Wildman–Crippen MR) is 74.2 cm³/mol. The van der Waals surface area contributed by atoms with Crippen LogP contribution < -0.4 is 0 Å². The van der Waals surface area contributed by atoms with Gasteiger partial charge in [-0.15, -0.1) is 0 Å². The van der Waals surface area contributed by atoms with Crippen molar-refractivity contribution in [2.45, 2.75) is 36.7 Å². The van der Waals surface area contributed by atoms with E-state index in [1.54, 1.807) is 29.2 Å². The fourth-order valence-electron chi connectivity index (χ4n) is 2.31. The van der Waals surface area contributed by atoms with Crippen LogP contribution in [0.15, 0.2) is 29.2 Å². The van der Waals surface area contributed by atoms with Crippen LogP contribution in [0, 0.1) is 0 Å². The first-order chi connectivity index (χ1) is 9.45. The number of hydrogen-bond acceptors (Lipinski definition) is 3. The molecule has 1 aliphatic heterocycles. The fraction of sp³-hybridized carbons (Fsp3) is 0.500. The Kier molecular flexibility index (Phi) is 4.99. The van der Waals surface area contributed by atoms with Gasteiger partial charge in [-0.2, -0.15) is 8.78 Å². The number of amides is 1. The molecule has 2 unspecified atom stereocenters. The minimum absolute atomic E-state index is 0.0105. The van der Waals surface area contributed by atoms with E-state index in [0.29, 0.717) is 35.3 Å². The van der Waals surface area contributed by atoms with Crippen LogP contribution in [-0.4, -0.2) is 41.9 Å². The van der Waals surface area contributed by atoms with Crippen molar-refractivity contribution in [2.24, 2.45) is 0 Å². The normalized spacial score (nSPS) is 23.1. The highest BCUT2D eigenvalue weighted by molar-refractivity contribution is 7.99. The lowest BCUT2D eigenvalue weighted by molar-refractivity contribution is -0.0586. The number of rotatable bonds is 3. The maximum Gasteiger partial charge on any atom is 0.288 e. The van der Waals surface area contributed by atoms with Gasteiger partial charge in [0.1, 0.15) is 0 Å². The van der Waals surface area contributed by atoms with Crippen LogP contribution in [-0.2, 0) is 4.74 Å². The van der Waals surface area contributed by atoms with Crippen molar-refractivity contribution in [3.63, 3.8) is 0 Å². The number of halogens is 2. The average molecular weight is 301 g/mol. The Balaban J connectivity index is 2.05. The zero-order valence-corrected chi connectivity index (χ0v) is 12.2. The third-order valence-electron chi connectivity index (χ3n) is 3.03. The molecule has 0 aromatic heterocycles. The van der Waals surface area contributed by atoms with E-state index in [1.165, 1.54) is 0 Å². The number of benzene rings is 1. The van der Waals surface area contributed by atoms with E-state index in [4.69, 9.17) is 4.74 Å². The Labute approximate surface area is 121 Å². The van der Waals surface area contributed by atoms with E-state index in [9.17, 15) is 13.6 Å². The van der Waals surface area contributed by atoms with E-state index in [-0.39, 0.29) is 18.1 Å². The molecule has 1 heterocycles. The molecule has 0 radical (unpaired) electrons. The third-order valence-corrected chi connectivity index (χ3v) is 3.76. The van der Waals surface area contributed by atoms with Crippen molar-refractivity contribution in [2.75, 3.05) is 13.1 Å². The van der Waals surface area contributed by atoms with Gasteiger partial charge in [-0.3, -0.25) is 4.79 Å². The van der Waals surface area contributed by atoms with Gasteiger partial charge in [-0.1, -0.05) is 11.8 Å². The second-order valence-electron chi connectivity index (χ2n) is 4.87. The van der Waals surface area contributed by atoms with Crippen LogP contribution in [0.25, 0.3) is 0 Å². The zero-order chi connectivity index (χ0) is 14.7. The van der Waals surface area contributed by atoms with Crippen molar-refractivity contribution >= 4 is 17.7 Å². The van der Waals surface area contributed by atoms with Crippen LogP contribution >= 0.6 is 11.8 Å². The lowest BCUT2D eigenvalue weighted by Crippen LogP contribution is -2.48. The molecule has 1 fully saturated rings. The van der Waals surface area contributed by atoms with Crippen molar-refractivity contribution in [1.82, 2.24) is 4.90 Å². The largest absolute Gasteiger partial charge is 0.372 e. The van der Waals surface area contributed by atoms with E-state index in [2.05, 4.69) is 0 Å². The number of ether oxygens (including phenoxy) is 1. The molecular weight excluding hydrogens is 284 g/mol. The third kappa shape index (κ3) is 3.93. The Morgan fingerprint density at radius 1 is 1.25 bits per heavy atom. The van der Waals surface area contributed by atoms with E-state index in [0.717, 1.165) is 0 Å². The molecule has 0 N–H and O–H groups in total. The van der Waals surface area contributed by atoms with Crippen LogP contribution in [0.3, 0.4) is 0 Å². The number of thioether (sulfide) groups is 1. The minimum atomic E-state index is -2.45. The second-order valence-corrected chi connectivity index (χ2v) is 5.93. The summed E-state index contributed by atoms with van der Waals surface area (Å²) in [5.74, 6) is -2.53. The summed E-state index contributed by atoms with van der Waals surface area (Å²) in [5.41, 5.74) is 0.518. The van der Waals surface area contributed by atoms with E-state index in [1.807, 2.05) is 13.8 Å². The van der Waals surface area contributed by atoms with Gasteiger partial charge in [-0.05, 0) is 38.1 Å². The molecule has 0 saturated carbocycles. The molecule has 1 aromatic rings. The summed E-state index contributed by atoms with van der Waals surface area (Å²) in [6, 6.07) is 6.30. The summed E-state index contributed by atoms with van der Waals surface area (Å²) >= 11 is 0.477. The molecule has 1 saturated heterocycles. The van der Waals surface area contributed by atoms with Gasteiger partial charge in [0.05, 0.1) is 12.2 Å². The molecule has 2 rings (SSSR count). The van der Waals surface area contributed by atoms with Crippen molar-refractivity contribution in [3.05, 3.63) is 29.8 Å². The number of morpholine rings is 1. The highest BCUT2D eigenvalue weighted by Crippen LogP contribution is 2.25. The monoisotopic (exact) mass is 301 g/mol. The smallest absolute Gasteiger partial charge is 0.288 e. The van der Waals surface area contributed by atoms with Crippen molar-refractivity contribution < 1.29 is 18.3 Å². The maximum atomic E-state index is 12.3. The average Bonchev–Trinajstić information content (AvgIpc) is 2.37. The van der Waals surface area contributed by atoms with Crippen LogP contribution in [0.5, 0.6) is 0 Å². The lowest BCUT2D eigenvalue weighted by atomic mass is 10.1. The quantitative estimate of drug-likeness (QED) is 0.803. The maximum absolute atomic E-state index is 12.3. The summed E-state index contributed by atoms with van der Waals surface area (Å²) in [7, 11) is 0. The summed E-state index contributed by atoms with van der Waals surface area (Å²) in [4.78, 5) is 14.5. The molecule has 0 bridgehead atoms. The molecule has 1 amide bonds. The number of carbonyl (C=O) groups excluding carboxylic acids is 1. The van der Waals surface area contributed by atoms with Crippen molar-refractivity contribution in [1.29, 1.82) is 0 Å². The van der Waals surface area contributed by atoms with E-state index < -0.39 is 5.76 Å². The van der Waals surface area contributed by atoms with Gasteiger partial charge in [0.25, 0.3) is 11.7 Å². The molecular formula is C14H17F2NO2S. The van der Waals surface area contributed by atoms with Gasteiger partial charge < -0.3 is 9.64 Å². The van der Waals surface area contributed by atoms with Crippen LogP contribution in [0.2, 0.25) is 0 Å². The molecule has 3 nitrogen and oxygen atoms in total. The van der Waals surface area contributed by atoms with Gasteiger partial charge in [0, 0.05) is 23.5 Å². The molecule has 0 spiro atoms. The zero-order valence-electron chi connectivity index (χ0n) is 11.4. The van der Waals surface area contributed by atoms with E-state index >= 15 is 0 Å². The van der Waals surface area contributed by atoms with Gasteiger partial charge in [0.2, 0.25) is 0 Å². The topological polar surface area (TPSA) is 29.5 Å². The Bertz CT molecular complexity index is 457. The second kappa shape index (κ2) is 6.54. The number of alkyl halides is 2. The number of hydrogen-bond donors (Lipinski definition) is 0. The standard InChI is InChI=1S/C14H17F2NO2S/c1-9-7-17(8-10(2)19-9)13(18)11-3-5-12(6-4-11)20-14(15)16/h3-6,9-10,14H,7-8H2,1-2H3. The summed E-state index contributed by atoms with van der Waals surface area (Å²) in [6.45, 7) is 4.96. The Hall–Kier alpha value is -1.14. The van der Waals surface area contributed by atoms with Gasteiger partial charge in [0.15, 0.2) is 0 Å². The summed E-state index contributed by atoms with van der Waals surface area (Å²) in [6.07, 6.45) is 0.0210. The summed E-state index contributed by atoms with van der Waals surface area (Å²) in [5, 5.41) is 0. The first-order valence-corrected chi connectivity index (χ1v) is 7.33. The Morgan fingerprint density at radius 2 is 1.80 bits per heavy atom. The first-order valence-electron chi connectivity index (χ1n) is 6.45. The predicted octanol–water partition coefficient (Wildman–Crippen LogP) is 3.25. The minimum Gasteiger partial charge on any atom is -0.372 e. The van der Waals surface area contributed by atoms with Crippen LogP contribution in [0.4, 0.5) is 8.78 Å². The SMILES string of the molecule is CC1CN(C(=O)c2ccc(SC(F)F)cc2)CC(C)O1. The van der Waals surface area contributed by atoms with Gasteiger partial charge >= 0.3 is 0 Å². The molecule has 20 heavy (non-hydrogen) atoms. The Morgan fingerprint density at radius 3 is 2.30 bits per heavy atom. The first kappa shape index (κ1) is 15.3. The number of nitrogens with zero attached hydrogens (tertiary/aromatic N) is 1. The molecule has 2 atom stereocenters. The van der Waals surface area contributed by atoms with Gasteiger partial charge in [-0.25, -0.2) is 0 Å². The molecule has 6 heteroatoms. The van der Waals surface area contributed by atoms with Crippen molar-refractivity contribution in [3.8, 4) is 0 Å². The lowest BCUT2D eigenvalue weighted by Gasteiger charge is -2.35. The highest BCUT2D eigenvalue weighted by Gasteiger charge is 2.26.